The molecule has 0 saturated carbocycles. The van der Waals surface area contributed by atoms with E-state index in [1.807, 2.05) is 19.1 Å². The van der Waals surface area contributed by atoms with Crippen molar-refractivity contribution in [3.63, 3.8) is 0 Å². The van der Waals surface area contributed by atoms with E-state index in [-0.39, 0.29) is 11.9 Å². The van der Waals surface area contributed by atoms with Crippen molar-refractivity contribution in [3.05, 3.63) is 45.6 Å². The van der Waals surface area contributed by atoms with Gasteiger partial charge < -0.3 is 10.0 Å². The molecule has 138 valence electrons. The van der Waals surface area contributed by atoms with E-state index in [4.69, 9.17) is 11.6 Å². The minimum absolute atomic E-state index is 0.0818. The fraction of sp³-hybridized carbons (Fsp3) is 0.474. The summed E-state index contributed by atoms with van der Waals surface area (Å²) in [4.78, 5) is 7.73. The Morgan fingerprint density at radius 2 is 2.00 bits per heavy atom. The lowest BCUT2D eigenvalue weighted by molar-refractivity contribution is -0.931. The number of benzene rings is 1. The quantitative estimate of drug-likeness (QED) is 0.718. The minimum atomic E-state index is 0.0818. The Labute approximate surface area is 162 Å². The molecule has 4 rings (SSSR count). The molecule has 3 heterocycles. The van der Waals surface area contributed by atoms with Gasteiger partial charge in [0.15, 0.2) is 11.9 Å². The number of aromatic nitrogens is 3. The number of nitrogens with one attached hydrogen (secondary N) is 1. The summed E-state index contributed by atoms with van der Waals surface area (Å²) in [6.07, 6.45) is 3.18. The van der Waals surface area contributed by atoms with Gasteiger partial charge in [-0.3, -0.25) is 0 Å². The molecule has 1 aromatic carbocycles. The summed E-state index contributed by atoms with van der Waals surface area (Å²) in [6, 6.07) is 8.09. The maximum Gasteiger partial charge on any atom is 0.235 e. The van der Waals surface area contributed by atoms with Crippen LogP contribution in [0.2, 0.25) is 5.02 Å². The molecule has 1 saturated heterocycles. The van der Waals surface area contributed by atoms with Gasteiger partial charge >= 0.3 is 0 Å². The van der Waals surface area contributed by atoms with Crippen LogP contribution in [0.4, 0.5) is 0 Å². The zero-order chi connectivity index (χ0) is 18.3. The van der Waals surface area contributed by atoms with Crippen molar-refractivity contribution >= 4 is 27.9 Å². The Kier molecular flexibility index (Phi) is 4.90. The van der Waals surface area contributed by atoms with Crippen LogP contribution < -0.4 is 4.90 Å². The van der Waals surface area contributed by atoms with Gasteiger partial charge in [-0.2, -0.15) is 4.52 Å². The number of halogens is 1. The van der Waals surface area contributed by atoms with Gasteiger partial charge in [-0.15, -0.1) is 5.10 Å². The van der Waals surface area contributed by atoms with Crippen LogP contribution in [0.15, 0.2) is 24.3 Å². The molecule has 0 amide bonds. The van der Waals surface area contributed by atoms with Gasteiger partial charge in [-0.05, 0) is 30.9 Å². The Hall–Kier alpha value is -1.63. The van der Waals surface area contributed by atoms with E-state index in [0.29, 0.717) is 0 Å². The lowest BCUT2D eigenvalue weighted by atomic mass is 9.95. The maximum atomic E-state index is 10.9. The Bertz CT molecular complexity index is 896. The standard InChI is InChI=1S/C19H23ClN4OS/c1-3-15-21-19-24(22-15)18(25)17(26-19)16(13-4-6-14(20)7-5-13)23-10-8-12(2)9-11-23/h4-7,12,16,25H,3,8-11H2,1-2H3/p+1/t16-/m1/s1. The molecular formula is C19H24ClN4OS+. The predicted molar refractivity (Wildman–Crippen MR) is 104 cm³/mol. The molecule has 1 fully saturated rings. The fourth-order valence-electron chi connectivity index (χ4n) is 3.78. The van der Waals surface area contributed by atoms with Gasteiger partial charge in [-0.1, -0.05) is 48.9 Å². The second kappa shape index (κ2) is 7.18. The zero-order valence-electron chi connectivity index (χ0n) is 15.1. The van der Waals surface area contributed by atoms with Crippen molar-refractivity contribution < 1.29 is 10.0 Å². The molecule has 0 aliphatic carbocycles. The summed E-state index contributed by atoms with van der Waals surface area (Å²) in [5.74, 6) is 1.76. The molecule has 5 nitrogen and oxygen atoms in total. The summed E-state index contributed by atoms with van der Waals surface area (Å²) < 4.78 is 1.59. The normalized spacial score (nSPS) is 22.0. The van der Waals surface area contributed by atoms with Crippen LogP contribution in [0, 0.1) is 5.92 Å². The van der Waals surface area contributed by atoms with Crippen molar-refractivity contribution in [3.8, 4) is 5.88 Å². The zero-order valence-corrected chi connectivity index (χ0v) is 16.6. The minimum Gasteiger partial charge on any atom is -0.492 e. The molecule has 7 heteroatoms. The number of quaternary nitrogens is 1. The van der Waals surface area contributed by atoms with E-state index >= 15 is 0 Å². The molecule has 1 aliphatic heterocycles. The van der Waals surface area contributed by atoms with Gasteiger partial charge in [0.2, 0.25) is 10.8 Å². The first-order chi connectivity index (χ1) is 12.6. The van der Waals surface area contributed by atoms with E-state index in [0.717, 1.165) is 46.1 Å². The summed E-state index contributed by atoms with van der Waals surface area (Å²) in [5, 5.41) is 16.1. The van der Waals surface area contributed by atoms with Gasteiger partial charge in [0, 0.05) is 17.0 Å². The third kappa shape index (κ3) is 3.21. The van der Waals surface area contributed by atoms with Crippen LogP contribution in [0.5, 0.6) is 5.88 Å². The van der Waals surface area contributed by atoms with Crippen LogP contribution in [0.1, 0.15) is 49.0 Å². The molecule has 2 N–H and O–H groups in total. The van der Waals surface area contributed by atoms with E-state index in [1.54, 1.807) is 15.9 Å². The molecule has 0 unspecified atom stereocenters. The fourth-order valence-corrected chi connectivity index (χ4v) is 5.06. The van der Waals surface area contributed by atoms with Crippen LogP contribution in [0.3, 0.4) is 0 Å². The lowest BCUT2D eigenvalue weighted by Gasteiger charge is -2.33. The Balaban J connectivity index is 1.78. The summed E-state index contributed by atoms with van der Waals surface area (Å²) >= 11 is 7.65. The molecule has 1 atom stereocenters. The highest BCUT2D eigenvalue weighted by molar-refractivity contribution is 7.17. The molecule has 2 aromatic heterocycles. The molecule has 0 radical (unpaired) electrons. The highest BCUT2D eigenvalue weighted by Crippen LogP contribution is 2.35. The number of aromatic hydroxyl groups is 1. The van der Waals surface area contributed by atoms with Crippen LogP contribution in [-0.2, 0) is 6.42 Å². The number of thiazole rings is 1. The van der Waals surface area contributed by atoms with E-state index in [9.17, 15) is 5.11 Å². The summed E-state index contributed by atoms with van der Waals surface area (Å²) in [6.45, 7) is 6.54. The third-order valence-electron chi connectivity index (χ3n) is 5.35. The van der Waals surface area contributed by atoms with Crippen molar-refractivity contribution in [1.82, 2.24) is 14.6 Å². The van der Waals surface area contributed by atoms with Crippen molar-refractivity contribution in [2.75, 3.05) is 13.1 Å². The number of hydrogen-bond donors (Lipinski definition) is 2. The molecule has 1 aliphatic rings. The Morgan fingerprint density at radius 1 is 1.31 bits per heavy atom. The monoisotopic (exact) mass is 391 g/mol. The second-order valence-corrected chi connectivity index (χ2v) is 8.64. The first kappa shape index (κ1) is 17.8. The lowest BCUT2D eigenvalue weighted by Crippen LogP contribution is -3.13. The highest BCUT2D eigenvalue weighted by atomic mass is 35.5. The van der Waals surface area contributed by atoms with Gasteiger partial charge in [0.25, 0.3) is 0 Å². The highest BCUT2D eigenvalue weighted by Gasteiger charge is 2.34. The number of likely N-dealkylation sites (tertiary alicyclic amines) is 1. The average Bonchev–Trinajstić information content (AvgIpc) is 3.18. The van der Waals surface area contributed by atoms with E-state index in [2.05, 4.69) is 29.1 Å². The largest absolute Gasteiger partial charge is 0.492 e. The van der Waals surface area contributed by atoms with Crippen molar-refractivity contribution in [1.29, 1.82) is 0 Å². The van der Waals surface area contributed by atoms with Gasteiger partial charge in [-0.25, -0.2) is 4.98 Å². The number of aryl methyl sites for hydroxylation is 1. The Morgan fingerprint density at radius 3 is 2.62 bits per heavy atom. The van der Waals surface area contributed by atoms with Gasteiger partial charge in [0.05, 0.1) is 13.1 Å². The topological polar surface area (TPSA) is 54.9 Å². The molecule has 0 bridgehead atoms. The van der Waals surface area contributed by atoms with Crippen LogP contribution >= 0.6 is 22.9 Å². The number of piperidine rings is 1. The van der Waals surface area contributed by atoms with Crippen LogP contribution in [0.25, 0.3) is 4.96 Å². The SMILES string of the molecule is CCc1nc2sc([C@@H](c3ccc(Cl)cc3)[NH+]3CCC(C)CC3)c(O)n2n1. The molecule has 3 aromatic rings. The van der Waals surface area contributed by atoms with Crippen molar-refractivity contribution in [2.45, 2.75) is 39.2 Å². The summed E-state index contributed by atoms with van der Waals surface area (Å²) in [5.41, 5.74) is 1.18. The maximum absolute atomic E-state index is 10.9. The van der Waals surface area contributed by atoms with Gasteiger partial charge in [0.1, 0.15) is 4.88 Å². The molecular weight excluding hydrogens is 368 g/mol. The van der Waals surface area contributed by atoms with Crippen molar-refractivity contribution in [2.24, 2.45) is 5.92 Å². The van der Waals surface area contributed by atoms with Crippen LogP contribution in [-0.4, -0.2) is 32.8 Å². The van der Waals surface area contributed by atoms with E-state index < -0.39 is 0 Å². The van der Waals surface area contributed by atoms with E-state index in [1.165, 1.54) is 23.3 Å². The molecule has 0 spiro atoms. The first-order valence-corrected chi connectivity index (χ1v) is 10.4. The first-order valence-electron chi connectivity index (χ1n) is 9.24. The smallest absolute Gasteiger partial charge is 0.235 e. The second-order valence-electron chi connectivity index (χ2n) is 7.19. The number of fused-ring (bicyclic) bond motifs is 1. The number of rotatable bonds is 4. The molecule has 26 heavy (non-hydrogen) atoms. The average molecular weight is 392 g/mol. The predicted octanol–water partition coefficient (Wildman–Crippen LogP) is 3.12. The number of hydrogen-bond acceptors (Lipinski definition) is 4. The third-order valence-corrected chi connectivity index (χ3v) is 6.69. The summed E-state index contributed by atoms with van der Waals surface area (Å²) in [7, 11) is 0. The number of nitrogens with zero attached hydrogens (tertiary/aromatic N) is 3.